The fourth-order valence-electron chi connectivity index (χ4n) is 1.24. The number of nitrogens with zero attached hydrogens (tertiary/aromatic N) is 1. The maximum Gasteiger partial charge on any atom is 0.231 e. The minimum Gasteiger partial charge on any atom is -0.430 e. The Kier molecular flexibility index (Phi) is 2.54. The molecule has 13 heavy (non-hydrogen) atoms. The number of fused-ring (bicyclic) bond motifs is 1. The van der Waals surface area contributed by atoms with Crippen molar-refractivity contribution in [1.82, 2.24) is 4.90 Å². The van der Waals surface area contributed by atoms with Crippen LogP contribution in [0, 0.1) is 7.05 Å². The third kappa shape index (κ3) is 1.28. The molecule has 0 spiro atoms. The van der Waals surface area contributed by atoms with Crippen LogP contribution in [0.1, 0.15) is 20.7 Å². The van der Waals surface area contributed by atoms with E-state index in [-0.39, 0.29) is 28.6 Å². The predicted octanol–water partition coefficient (Wildman–Crippen LogP) is 1.07. The predicted molar refractivity (Wildman–Crippen MR) is 42.3 cm³/mol. The minimum absolute atomic E-state index is 0. The standard InChI is InChI=1S/C9H6NO2.Co/c1-10-8(11)6-4-2-3-5-7(6)9(10)12;/h2-5H,1H2;/q-1;. The summed E-state index contributed by atoms with van der Waals surface area (Å²) in [7, 11) is 3.35. The number of carbonyl (C=O) groups excluding carboxylic acids is 2. The molecule has 3 nitrogen and oxygen atoms in total. The number of hydrogen-bond acceptors (Lipinski definition) is 2. The van der Waals surface area contributed by atoms with E-state index in [0.717, 1.165) is 4.90 Å². The van der Waals surface area contributed by atoms with Crippen molar-refractivity contribution in [2.75, 3.05) is 0 Å². The van der Waals surface area contributed by atoms with E-state index in [1.54, 1.807) is 24.3 Å². The van der Waals surface area contributed by atoms with E-state index in [1.165, 1.54) is 0 Å². The van der Waals surface area contributed by atoms with Gasteiger partial charge >= 0.3 is 0 Å². The molecule has 0 atom stereocenters. The van der Waals surface area contributed by atoms with E-state index in [0.29, 0.717) is 11.1 Å². The number of hydrogen-bond donors (Lipinski definition) is 0. The molecular weight excluding hydrogens is 213 g/mol. The van der Waals surface area contributed by atoms with Crippen LogP contribution < -0.4 is 0 Å². The van der Waals surface area contributed by atoms with Crippen LogP contribution in [0.2, 0.25) is 0 Å². The SMILES string of the molecule is [CH2-]N1C(=O)c2ccccc2C1=O.[Co]. The maximum atomic E-state index is 11.2. The fraction of sp³-hybridized carbons (Fsp3) is 0. The summed E-state index contributed by atoms with van der Waals surface area (Å²) in [6, 6.07) is 6.70. The van der Waals surface area contributed by atoms with Gasteiger partial charge in [-0.25, -0.2) is 7.05 Å². The van der Waals surface area contributed by atoms with E-state index in [2.05, 4.69) is 7.05 Å². The number of rotatable bonds is 0. The van der Waals surface area contributed by atoms with Crippen molar-refractivity contribution in [3.63, 3.8) is 0 Å². The summed E-state index contributed by atoms with van der Waals surface area (Å²) in [5.41, 5.74) is 0.884. The minimum atomic E-state index is -0.324. The van der Waals surface area contributed by atoms with Gasteiger partial charge in [-0.3, -0.25) is 9.59 Å². The number of imide groups is 1. The van der Waals surface area contributed by atoms with E-state index in [9.17, 15) is 9.59 Å². The van der Waals surface area contributed by atoms with Crippen molar-refractivity contribution in [3.8, 4) is 0 Å². The van der Waals surface area contributed by atoms with Crippen LogP contribution in [-0.2, 0) is 16.8 Å². The van der Waals surface area contributed by atoms with Gasteiger partial charge in [0.2, 0.25) is 11.8 Å². The molecule has 1 aliphatic heterocycles. The Morgan fingerprint density at radius 2 is 1.38 bits per heavy atom. The third-order valence-electron chi connectivity index (χ3n) is 1.88. The molecule has 1 aromatic carbocycles. The Bertz CT molecular complexity index is 341. The Hall–Kier alpha value is -1.13. The van der Waals surface area contributed by atoms with Crippen LogP contribution in [0.5, 0.6) is 0 Å². The molecule has 1 aromatic rings. The van der Waals surface area contributed by atoms with Gasteiger partial charge in [-0.15, -0.1) is 0 Å². The fourth-order valence-corrected chi connectivity index (χ4v) is 1.24. The zero-order valence-electron chi connectivity index (χ0n) is 6.61. The molecule has 1 heterocycles. The van der Waals surface area contributed by atoms with Gasteiger partial charge < -0.3 is 4.90 Å². The van der Waals surface area contributed by atoms with Crippen molar-refractivity contribution in [2.45, 2.75) is 0 Å². The van der Waals surface area contributed by atoms with Crippen LogP contribution in [0.4, 0.5) is 0 Å². The van der Waals surface area contributed by atoms with Crippen molar-refractivity contribution in [1.29, 1.82) is 0 Å². The van der Waals surface area contributed by atoms with Crippen LogP contribution in [0.25, 0.3) is 0 Å². The first kappa shape index (κ1) is 9.95. The third-order valence-corrected chi connectivity index (χ3v) is 1.88. The Labute approximate surface area is 85.9 Å². The van der Waals surface area contributed by atoms with Gasteiger partial charge in [0.1, 0.15) is 0 Å². The zero-order valence-corrected chi connectivity index (χ0v) is 7.65. The van der Waals surface area contributed by atoms with Gasteiger partial charge in [0.15, 0.2) is 0 Å². The largest absolute Gasteiger partial charge is 0.430 e. The van der Waals surface area contributed by atoms with Gasteiger partial charge in [0.25, 0.3) is 0 Å². The molecule has 0 aliphatic carbocycles. The second-order valence-corrected chi connectivity index (χ2v) is 2.58. The van der Waals surface area contributed by atoms with Crippen molar-refractivity contribution in [2.24, 2.45) is 0 Å². The van der Waals surface area contributed by atoms with E-state index >= 15 is 0 Å². The molecule has 0 aromatic heterocycles. The molecule has 2 rings (SSSR count). The van der Waals surface area contributed by atoms with Crippen LogP contribution >= 0.6 is 0 Å². The summed E-state index contributed by atoms with van der Waals surface area (Å²) < 4.78 is 0. The summed E-state index contributed by atoms with van der Waals surface area (Å²) in [6.45, 7) is 0. The molecule has 0 fully saturated rings. The first-order valence-corrected chi connectivity index (χ1v) is 3.50. The van der Waals surface area contributed by atoms with Gasteiger partial charge in [-0.2, -0.15) is 0 Å². The summed E-state index contributed by atoms with van der Waals surface area (Å²) in [6.07, 6.45) is 0. The van der Waals surface area contributed by atoms with Gasteiger partial charge in [0.05, 0.1) is 0 Å². The van der Waals surface area contributed by atoms with Gasteiger partial charge in [-0.05, 0) is 12.1 Å². The average molecular weight is 219 g/mol. The molecule has 0 saturated heterocycles. The molecular formula is C9H6CoNO2-. The molecule has 2 amide bonds. The summed E-state index contributed by atoms with van der Waals surface area (Å²) in [5.74, 6) is -0.647. The first-order valence-electron chi connectivity index (χ1n) is 3.50. The van der Waals surface area contributed by atoms with E-state index in [4.69, 9.17) is 0 Å². The van der Waals surface area contributed by atoms with Crippen LogP contribution in [-0.4, -0.2) is 16.7 Å². The van der Waals surface area contributed by atoms with Gasteiger partial charge in [-0.1, -0.05) is 12.1 Å². The Balaban J connectivity index is 0.000000845. The molecule has 69 valence electrons. The summed E-state index contributed by atoms with van der Waals surface area (Å²) in [5, 5.41) is 0. The smallest absolute Gasteiger partial charge is 0.231 e. The van der Waals surface area contributed by atoms with Crippen LogP contribution in [0.3, 0.4) is 0 Å². The van der Waals surface area contributed by atoms with Crippen molar-refractivity contribution < 1.29 is 26.4 Å². The zero-order chi connectivity index (χ0) is 8.72. The maximum absolute atomic E-state index is 11.2. The molecule has 0 bridgehead atoms. The van der Waals surface area contributed by atoms with Crippen LogP contribution in [0.15, 0.2) is 24.3 Å². The molecule has 1 radical (unpaired) electrons. The normalized spacial score (nSPS) is 14.1. The Morgan fingerprint density at radius 3 is 1.77 bits per heavy atom. The Morgan fingerprint density at radius 1 is 1.00 bits per heavy atom. The van der Waals surface area contributed by atoms with Gasteiger partial charge in [0, 0.05) is 27.9 Å². The van der Waals surface area contributed by atoms with Crippen molar-refractivity contribution in [3.05, 3.63) is 42.4 Å². The molecule has 0 N–H and O–H groups in total. The summed E-state index contributed by atoms with van der Waals surface area (Å²) in [4.78, 5) is 23.4. The second kappa shape index (κ2) is 3.31. The quantitative estimate of drug-likeness (QED) is 0.483. The number of carbonyl (C=O) groups is 2. The van der Waals surface area contributed by atoms with E-state index < -0.39 is 0 Å². The molecule has 1 aliphatic rings. The first-order chi connectivity index (χ1) is 5.72. The van der Waals surface area contributed by atoms with Crippen molar-refractivity contribution >= 4 is 11.8 Å². The second-order valence-electron chi connectivity index (χ2n) is 2.58. The molecule has 0 unspecified atom stereocenters. The average Bonchev–Trinajstić information content (AvgIpc) is 2.33. The summed E-state index contributed by atoms with van der Waals surface area (Å²) >= 11 is 0. The molecule has 4 heteroatoms. The number of amides is 2. The topological polar surface area (TPSA) is 37.4 Å². The number of benzene rings is 1. The monoisotopic (exact) mass is 219 g/mol. The van der Waals surface area contributed by atoms with E-state index in [1.807, 2.05) is 0 Å². The molecule has 0 saturated carbocycles.